The number of nitrogens with zero attached hydrogens (tertiary/aromatic N) is 1. The van der Waals surface area contributed by atoms with Crippen molar-refractivity contribution in [1.29, 1.82) is 0 Å². The lowest BCUT2D eigenvalue weighted by atomic mass is 10.2. The molecule has 1 aliphatic heterocycles. The molecule has 4 nitrogen and oxygen atoms in total. The van der Waals surface area contributed by atoms with Gasteiger partial charge >= 0.3 is 0 Å². The molecule has 1 saturated heterocycles. The summed E-state index contributed by atoms with van der Waals surface area (Å²) in [5.74, 6) is -0.0316. The molecule has 1 heterocycles. The second kappa shape index (κ2) is 6.78. The average Bonchev–Trinajstić information content (AvgIpc) is 2.62. The molecule has 0 spiro atoms. The minimum atomic E-state index is -0.0316. The molecule has 5 heteroatoms. The first-order valence-electron chi connectivity index (χ1n) is 6.72. The maximum absolute atomic E-state index is 12.0. The Balaban J connectivity index is 1.91. The summed E-state index contributed by atoms with van der Waals surface area (Å²) in [5, 5.41) is 3.40. The lowest BCUT2D eigenvalue weighted by Crippen LogP contribution is -2.34. The molecular formula is C14H20ClN3O. The largest absolute Gasteiger partial charge is 0.397 e. The summed E-state index contributed by atoms with van der Waals surface area (Å²) in [6.45, 7) is 2.42. The second-order valence-electron chi connectivity index (χ2n) is 4.97. The van der Waals surface area contributed by atoms with Crippen molar-refractivity contribution < 1.29 is 4.79 Å². The van der Waals surface area contributed by atoms with E-state index in [1.807, 2.05) is 0 Å². The van der Waals surface area contributed by atoms with Gasteiger partial charge in [-0.25, -0.2) is 0 Å². The fourth-order valence-electron chi connectivity index (χ4n) is 2.32. The Morgan fingerprint density at radius 2 is 1.95 bits per heavy atom. The van der Waals surface area contributed by atoms with Crippen LogP contribution in [0.4, 0.5) is 11.4 Å². The minimum absolute atomic E-state index is 0.0316. The molecule has 1 amide bonds. The Labute approximate surface area is 118 Å². The zero-order valence-corrected chi connectivity index (χ0v) is 11.7. The summed E-state index contributed by atoms with van der Waals surface area (Å²) in [6.07, 6.45) is 4.87. The third-order valence-electron chi connectivity index (χ3n) is 3.36. The van der Waals surface area contributed by atoms with E-state index in [-0.39, 0.29) is 5.91 Å². The first-order chi connectivity index (χ1) is 9.15. The van der Waals surface area contributed by atoms with Crippen molar-refractivity contribution >= 4 is 28.9 Å². The van der Waals surface area contributed by atoms with Gasteiger partial charge in [-0.3, -0.25) is 9.69 Å². The highest BCUT2D eigenvalue weighted by molar-refractivity contribution is 6.31. The summed E-state index contributed by atoms with van der Waals surface area (Å²) in [4.78, 5) is 14.2. The molecule has 104 valence electrons. The number of carbonyl (C=O) groups is 1. The lowest BCUT2D eigenvalue weighted by Gasteiger charge is -2.19. The van der Waals surface area contributed by atoms with Crippen LogP contribution in [0.5, 0.6) is 0 Å². The molecule has 3 N–H and O–H groups in total. The number of anilines is 2. The number of amides is 1. The van der Waals surface area contributed by atoms with Gasteiger partial charge in [0.1, 0.15) is 0 Å². The zero-order valence-electron chi connectivity index (χ0n) is 11.0. The highest BCUT2D eigenvalue weighted by atomic mass is 35.5. The van der Waals surface area contributed by atoms with Crippen molar-refractivity contribution in [2.24, 2.45) is 0 Å². The van der Waals surface area contributed by atoms with Gasteiger partial charge in [0, 0.05) is 5.02 Å². The number of rotatable bonds is 3. The summed E-state index contributed by atoms with van der Waals surface area (Å²) < 4.78 is 0. The van der Waals surface area contributed by atoms with Crippen LogP contribution in [0.25, 0.3) is 0 Å². The number of benzene rings is 1. The van der Waals surface area contributed by atoms with Crippen molar-refractivity contribution in [3.05, 3.63) is 23.2 Å². The van der Waals surface area contributed by atoms with E-state index in [1.165, 1.54) is 25.7 Å². The van der Waals surface area contributed by atoms with Crippen LogP contribution in [0.15, 0.2) is 18.2 Å². The van der Waals surface area contributed by atoms with Crippen LogP contribution >= 0.6 is 11.6 Å². The predicted molar refractivity (Wildman–Crippen MR) is 79.4 cm³/mol. The van der Waals surface area contributed by atoms with Crippen molar-refractivity contribution in [2.75, 3.05) is 30.7 Å². The predicted octanol–water partition coefficient (Wildman–Crippen LogP) is 2.74. The summed E-state index contributed by atoms with van der Waals surface area (Å²) >= 11 is 5.90. The first-order valence-corrected chi connectivity index (χ1v) is 7.10. The van der Waals surface area contributed by atoms with Crippen LogP contribution in [0, 0.1) is 0 Å². The minimum Gasteiger partial charge on any atom is -0.397 e. The van der Waals surface area contributed by atoms with E-state index in [4.69, 9.17) is 17.3 Å². The number of hydrogen-bond acceptors (Lipinski definition) is 3. The number of halogens is 1. The molecule has 1 aliphatic rings. The molecular weight excluding hydrogens is 262 g/mol. The van der Waals surface area contributed by atoms with E-state index in [0.29, 0.717) is 22.9 Å². The number of hydrogen-bond donors (Lipinski definition) is 2. The number of nitrogens with two attached hydrogens (primary N) is 1. The third kappa shape index (κ3) is 4.40. The molecule has 0 aliphatic carbocycles. The van der Waals surface area contributed by atoms with Crippen LogP contribution in [0.3, 0.4) is 0 Å². The van der Waals surface area contributed by atoms with E-state index in [0.717, 1.165) is 13.1 Å². The van der Waals surface area contributed by atoms with Crippen LogP contribution in [-0.2, 0) is 4.79 Å². The third-order valence-corrected chi connectivity index (χ3v) is 3.59. The monoisotopic (exact) mass is 281 g/mol. The Hall–Kier alpha value is -1.26. The number of likely N-dealkylation sites (tertiary alicyclic amines) is 1. The molecule has 0 aromatic heterocycles. The summed E-state index contributed by atoms with van der Waals surface area (Å²) in [6, 6.07) is 5.09. The smallest absolute Gasteiger partial charge is 0.238 e. The van der Waals surface area contributed by atoms with E-state index in [1.54, 1.807) is 18.2 Å². The van der Waals surface area contributed by atoms with Crippen LogP contribution in [0.2, 0.25) is 5.02 Å². The molecule has 0 atom stereocenters. The quantitative estimate of drug-likeness (QED) is 0.838. The number of carbonyl (C=O) groups excluding carboxylic acids is 1. The molecule has 1 aromatic carbocycles. The highest BCUT2D eigenvalue weighted by Gasteiger charge is 2.13. The Bertz CT molecular complexity index is 442. The summed E-state index contributed by atoms with van der Waals surface area (Å²) in [5.41, 5.74) is 6.93. The maximum atomic E-state index is 12.0. The van der Waals surface area contributed by atoms with Crippen molar-refractivity contribution in [2.45, 2.75) is 25.7 Å². The van der Waals surface area contributed by atoms with Crippen molar-refractivity contribution in [1.82, 2.24) is 4.90 Å². The number of nitrogens with one attached hydrogen (secondary N) is 1. The van der Waals surface area contributed by atoms with Crippen molar-refractivity contribution in [3.63, 3.8) is 0 Å². The van der Waals surface area contributed by atoms with Gasteiger partial charge in [0.05, 0.1) is 17.9 Å². The number of nitrogen functional groups attached to an aromatic ring is 1. The fourth-order valence-corrected chi connectivity index (χ4v) is 2.50. The van der Waals surface area contributed by atoms with Gasteiger partial charge in [-0.1, -0.05) is 24.4 Å². The van der Waals surface area contributed by atoms with Crippen LogP contribution < -0.4 is 11.1 Å². The fraction of sp³-hybridized carbons (Fsp3) is 0.500. The van der Waals surface area contributed by atoms with Gasteiger partial charge in [-0.15, -0.1) is 0 Å². The van der Waals surface area contributed by atoms with Crippen LogP contribution in [0.1, 0.15) is 25.7 Å². The SMILES string of the molecule is Nc1ccc(Cl)cc1NC(=O)CN1CCCCCC1. The van der Waals surface area contributed by atoms with E-state index in [2.05, 4.69) is 10.2 Å². The van der Waals surface area contributed by atoms with E-state index in [9.17, 15) is 4.79 Å². The van der Waals surface area contributed by atoms with Gasteiger partial charge in [-0.2, -0.15) is 0 Å². The molecule has 19 heavy (non-hydrogen) atoms. The lowest BCUT2D eigenvalue weighted by molar-refractivity contribution is -0.117. The van der Waals surface area contributed by atoms with Gasteiger partial charge < -0.3 is 11.1 Å². The van der Waals surface area contributed by atoms with E-state index < -0.39 is 0 Å². The maximum Gasteiger partial charge on any atom is 0.238 e. The molecule has 0 saturated carbocycles. The average molecular weight is 282 g/mol. The highest BCUT2D eigenvalue weighted by Crippen LogP contribution is 2.22. The van der Waals surface area contributed by atoms with Gasteiger partial charge in [-0.05, 0) is 44.1 Å². The standard InChI is InChI=1S/C14H20ClN3O/c15-11-5-6-12(16)13(9-11)17-14(19)10-18-7-3-1-2-4-8-18/h5-6,9H,1-4,7-8,10,16H2,(H,17,19). The topological polar surface area (TPSA) is 58.4 Å². The molecule has 0 unspecified atom stereocenters. The Morgan fingerprint density at radius 1 is 1.26 bits per heavy atom. The van der Waals surface area contributed by atoms with Gasteiger partial charge in [0.25, 0.3) is 0 Å². The summed E-state index contributed by atoms with van der Waals surface area (Å²) in [7, 11) is 0. The van der Waals surface area contributed by atoms with Gasteiger partial charge in [0.15, 0.2) is 0 Å². The molecule has 2 rings (SSSR count). The first kappa shape index (κ1) is 14.2. The molecule has 0 radical (unpaired) electrons. The zero-order chi connectivity index (χ0) is 13.7. The molecule has 0 bridgehead atoms. The Kier molecular flexibility index (Phi) is 5.05. The Morgan fingerprint density at radius 3 is 2.63 bits per heavy atom. The molecule has 1 fully saturated rings. The van der Waals surface area contributed by atoms with E-state index >= 15 is 0 Å². The van der Waals surface area contributed by atoms with Crippen LogP contribution in [-0.4, -0.2) is 30.4 Å². The molecule has 1 aromatic rings. The van der Waals surface area contributed by atoms with Crippen molar-refractivity contribution in [3.8, 4) is 0 Å². The normalized spacial score (nSPS) is 16.9. The second-order valence-corrected chi connectivity index (χ2v) is 5.41. The van der Waals surface area contributed by atoms with Gasteiger partial charge in [0.2, 0.25) is 5.91 Å².